The van der Waals surface area contributed by atoms with E-state index in [-0.39, 0.29) is 12.6 Å². The molecule has 1 unspecified atom stereocenters. The van der Waals surface area contributed by atoms with Crippen molar-refractivity contribution < 1.29 is 9.84 Å². The molecule has 0 aliphatic carbocycles. The van der Waals surface area contributed by atoms with Crippen molar-refractivity contribution >= 4 is 0 Å². The first-order valence-electron chi connectivity index (χ1n) is 5.13. The molecule has 0 saturated heterocycles. The summed E-state index contributed by atoms with van der Waals surface area (Å²) in [5, 5.41) is 12.5. The Hall–Kier alpha value is -0.120. The zero-order valence-corrected chi connectivity index (χ0v) is 9.05. The zero-order valence-electron chi connectivity index (χ0n) is 9.05. The van der Waals surface area contributed by atoms with E-state index in [0.717, 1.165) is 19.4 Å². The summed E-state index contributed by atoms with van der Waals surface area (Å²) in [6.07, 6.45) is 2.23. The SMILES string of the molecule is CCC(CC)C(CO)NCCOC. The molecule has 0 aliphatic rings. The van der Waals surface area contributed by atoms with Crippen LogP contribution in [0.2, 0.25) is 0 Å². The molecule has 0 fully saturated rings. The van der Waals surface area contributed by atoms with E-state index in [1.54, 1.807) is 7.11 Å². The standard InChI is InChI=1S/C10H23NO2/c1-4-9(5-2)10(8-12)11-6-7-13-3/h9-12H,4-8H2,1-3H3. The first kappa shape index (κ1) is 12.9. The summed E-state index contributed by atoms with van der Waals surface area (Å²) in [7, 11) is 1.69. The van der Waals surface area contributed by atoms with Crippen LogP contribution in [-0.2, 0) is 4.74 Å². The van der Waals surface area contributed by atoms with Gasteiger partial charge in [-0.25, -0.2) is 0 Å². The van der Waals surface area contributed by atoms with E-state index < -0.39 is 0 Å². The van der Waals surface area contributed by atoms with Crippen LogP contribution in [-0.4, -0.2) is 38.0 Å². The molecule has 0 radical (unpaired) electrons. The molecule has 0 spiro atoms. The molecular formula is C10H23NO2. The molecule has 0 aromatic heterocycles. The predicted molar refractivity (Wildman–Crippen MR) is 54.8 cm³/mol. The Bertz CT molecular complexity index is 105. The van der Waals surface area contributed by atoms with Crippen molar-refractivity contribution in [1.29, 1.82) is 0 Å². The molecule has 3 nitrogen and oxygen atoms in total. The highest BCUT2D eigenvalue weighted by Gasteiger charge is 2.16. The second-order valence-corrected chi connectivity index (χ2v) is 3.31. The quantitative estimate of drug-likeness (QED) is 0.560. The van der Waals surface area contributed by atoms with Crippen LogP contribution in [0.25, 0.3) is 0 Å². The third-order valence-corrected chi connectivity index (χ3v) is 2.53. The van der Waals surface area contributed by atoms with Crippen molar-refractivity contribution in [2.45, 2.75) is 32.7 Å². The largest absolute Gasteiger partial charge is 0.395 e. The van der Waals surface area contributed by atoms with Crippen LogP contribution in [0.15, 0.2) is 0 Å². The third-order valence-electron chi connectivity index (χ3n) is 2.53. The minimum absolute atomic E-state index is 0.218. The van der Waals surface area contributed by atoms with Gasteiger partial charge in [-0.3, -0.25) is 0 Å². The highest BCUT2D eigenvalue weighted by atomic mass is 16.5. The maximum atomic E-state index is 9.15. The van der Waals surface area contributed by atoms with Crippen molar-refractivity contribution in [2.75, 3.05) is 26.9 Å². The summed E-state index contributed by atoms with van der Waals surface area (Å²) >= 11 is 0. The number of methoxy groups -OCH3 is 1. The van der Waals surface area contributed by atoms with Crippen LogP contribution in [0.3, 0.4) is 0 Å². The smallest absolute Gasteiger partial charge is 0.0587 e. The molecule has 2 N–H and O–H groups in total. The van der Waals surface area contributed by atoms with Gasteiger partial charge in [-0.2, -0.15) is 0 Å². The monoisotopic (exact) mass is 189 g/mol. The maximum absolute atomic E-state index is 9.15. The molecule has 0 rings (SSSR count). The fourth-order valence-corrected chi connectivity index (χ4v) is 1.58. The number of hydrogen-bond donors (Lipinski definition) is 2. The fraction of sp³-hybridized carbons (Fsp3) is 1.00. The van der Waals surface area contributed by atoms with Gasteiger partial charge in [0.05, 0.1) is 13.2 Å². The van der Waals surface area contributed by atoms with E-state index in [4.69, 9.17) is 9.84 Å². The second-order valence-electron chi connectivity index (χ2n) is 3.31. The van der Waals surface area contributed by atoms with E-state index in [1.165, 1.54) is 0 Å². The number of rotatable bonds is 8. The zero-order chi connectivity index (χ0) is 10.1. The molecule has 13 heavy (non-hydrogen) atoms. The Morgan fingerprint density at radius 2 is 1.92 bits per heavy atom. The molecule has 0 aliphatic heterocycles. The van der Waals surface area contributed by atoms with Crippen LogP contribution < -0.4 is 5.32 Å². The van der Waals surface area contributed by atoms with E-state index >= 15 is 0 Å². The van der Waals surface area contributed by atoms with E-state index in [0.29, 0.717) is 12.5 Å². The maximum Gasteiger partial charge on any atom is 0.0587 e. The summed E-state index contributed by atoms with van der Waals surface area (Å²) in [4.78, 5) is 0. The molecule has 0 saturated carbocycles. The topological polar surface area (TPSA) is 41.5 Å². The lowest BCUT2D eigenvalue weighted by molar-refractivity contribution is 0.162. The first-order valence-corrected chi connectivity index (χ1v) is 5.13. The molecule has 3 heteroatoms. The van der Waals surface area contributed by atoms with Crippen LogP contribution >= 0.6 is 0 Å². The van der Waals surface area contributed by atoms with Crippen LogP contribution in [0, 0.1) is 5.92 Å². The lowest BCUT2D eigenvalue weighted by Gasteiger charge is -2.24. The Kier molecular flexibility index (Phi) is 8.40. The van der Waals surface area contributed by atoms with Crippen LogP contribution in [0.1, 0.15) is 26.7 Å². The molecule has 0 aromatic rings. The molecule has 1 atom stereocenters. The van der Waals surface area contributed by atoms with E-state index in [9.17, 15) is 0 Å². The normalized spacial score (nSPS) is 13.6. The van der Waals surface area contributed by atoms with Gasteiger partial charge in [0.25, 0.3) is 0 Å². The molecule has 0 heterocycles. The Morgan fingerprint density at radius 1 is 1.31 bits per heavy atom. The average molecular weight is 189 g/mol. The fourth-order valence-electron chi connectivity index (χ4n) is 1.58. The van der Waals surface area contributed by atoms with Gasteiger partial charge in [-0.1, -0.05) is 26.7 Å². The van der Waals surface area contributed by atoms with Crippen molar-refractivity contribution in [3.05, 3.63) is 0 Å². The van der Waals surface area contributed by atoms with Crippen LogP contribution in [0.5, 0.6) is 0 Å². The number of aliphatic hydroxyl groups excluding tert-OH is 1. The number of hydrogen-bond acceptors (Lipinski definition) is 3. The van der Waals surface area contributed by atoms with Crippen molar-refractivity contribution in [3.8, 4) is 0 Å². The minimum Gasteiger partial charge on any atom is -0.395 e. The third kappa shape index (κ3) is 5.24. The van der Waals surface area contributed by atoms with E-state index in [1.807, 2.05) is 0 Å². The predicted octanol–water partition coefficient (Wildman–Crippen LogP) is 1.02. The number of ether oxygens (including phenoxy) is 1. The van der Waals surface area contributed by atoms with Crippen LogP contribution in [0.4, 0.5) is 0 Å². The highest BCUT2D eigenvalue weighted by Crippen LogP contribution is 2.12. The second kappa shape index (κ2) is 8.48. The summed E-state index contributed by atoms with van der Waals surface area (Å²) in [6.45, 7) is 6.06. The van der Waals surface area contributed by atoms with Gasteiger partial charge in [0.15, 0.2) is 0 Å². The summed E-state index contributed by atoms with van der Waals surface area (Å²) in [5.41, 5.74) is 0. The molecule has 0 aromatic carbocycles. The van der Waals surface area contributed by atoms with E-state index in [2.05, 4.69) is 19.2 Å². The Balaban J connectivity index is 3.71. The average Bonchev–Trinajstić information content (AvgIpc) is 2.17. The van der Waals surface area contributed by atoms with Gasteiger partial charge < -0.3 is 15.2 Å². The minimum atomic E-state index is 0.218. The van der Waals surface area contributed by atoms with Gasteiger partial charge >= 0.3 is 0 Å². The number of nitrogens with one attached hydrogen (secondary N) is 1. The van der Waals surface area contributed by atoms with Crippen molar-refractivity contribution in [3.63, 3.8) is 0 Å². The number of aliphatic hydroxyl groups is 1. The van der Waals surface area contributed by atoms with Gasteiger partial charge in [-0.15, -0.1) is 0 Å². The van der Waals surface area contributed by atoms with Crippen molar-refractivity contribution in [1.82, 2.24) is 5.32 Å². The first-order chi connectivity index (χ1) is 6.29. The van der Waals surface area contributed by atoms with Gasteiger partial charge in [0.1, 0.15) is 0 Å². The highest BCUT2D eigenvalue weighted by molar-refractivity contribution is 4.73. The Labute approximate surface area is 81.5 Å². The van der Waals surface area contributed by atoms with Gasteiger partial charge in [0, 0.05) is 19.7 Å². The summed E-state index contributed by atoms with van der Waals surface area (Å²) in [5.74, 6) is 0.571. The van der Waals surface area contributed by atoms with Gasteiger partial charge in [0.2, 0.25) is 0 Å². The molecular weight excluding hydrogens is 166 g/mol. The summed E-state index contributed by atoms with van der Waals surface area (Å²) < 4.78 is 4.94. The molecule has 0 bridgehead atoms. The Morgan fingerprint density at radius 3 is 2.31 bits per heavy atom. The van der Waals surface area contributed by atoms with Gasteiger partial charge in [-0.05, 0) is 5.92 Å². The molecule has 0 amide bonds. The lowest BCUT2D eigenvalue weighted by atomic mass is 9.95. The summed E-state index contributed by atoms with van der Waals surface area (Å²) in [6, 6.07) is 0.227. The molecule has 80 valence electrons. The van der Waals surface area contributed by atoms with Crippen molar-refractivity contribution in [2.24, 2.45) is 5.92 Å². The lowest BCUT2D eigenvalue weighted by Crippen LogP contribution is -2.40.